The molecule has 0 aromatic heterocycles. The topological polar surface area (TPSA) is 84.3 Å². The van der Waals surface area contributed by atoms with E-state index in [9.17, 15) is 9.59 Å². The molecule has 0 saturated carbocycles. The number of rotatable bonds is 7. The lowest BCUT2D eigenvalue weighted by Gasteiger charge is -2.38. The molecule has 0 saturated heterocycles. The molecule has 2 aromatic carbocycles. The first-order chi connectivity index (χ1) is 14.7. The second-order valence-corrected chi connectivity index (χ2v) is 8.62. The van der Waals surface area contributed by atoms with E-state index >= 15 is 0 Å². The number of carboxylic acids is 2. The number of benzene rings is 2. The third-order valence-corrected chi connectivity index (χ3v) is 5.73. The van der Waals surface area contributed by atoms with Crippen molar-refractivity contribution in [1.82, 2.24) is 9.80 Å². The van der Waals surface area contributed by atoms with Gasteiger partial charge in [0.15, 0.2) is 0 Å². The third-order valence-electron chi connectivity index (χ3n) is 4.60. The molecule has 1 atom stereocenters. The molecule has 166 valence electrons. The van der Waals surface area contributed by atoms with Gasteiger partial charge < -0.3 is 24.9 Å². The highest BCUT2D eigenvalue weighted by molar-refractivity contribution is 7.99. The Labute approximate surface area is 187 Å². The van der Waals surface area contributed by atoms with E-state index in [0.29, 0.717) is 18.2 Å². The molecule has 1 aliphatic heterocycles. The first kappa shape index (κ1) is 24.5. The van der Waals surface area contributed by atoms with Gasteiger partial charge in [-0.1, -0.05) is 36.0 Å². The summed E-state index contributed by atoms with van der Waals surface area (Å²) in [7, 11) is 8.63. The molecule has 0 aliphatic carbocycles. The van der Waals surface area contributed by atoms with E-state index in [0.717, 1.165) is 13.1 Å². The minimum atomic E-state index is -1.26. The molecule has 1 aliphatic rings. The first-order valence-corrected chi connectivity index (χ1v) is 10.6. The predicted octanol–water partition coefficient (Wildman–Crippen LogP) is 3.49. The molecule has 2 aromatic rings. The van der Waals surface area contributed by atoms with Crippen LogP contribution in [0.5, 0.6) is 0 Å². The van der Waals surface area contributed by atoms with Crippen LogP contribution < -0.4 is 4.90 Å². The maximum atomic E-state index is 9.55. The van der Waals surface area contributed by atoms with Gasteiger partial charge in [0.2, 0.25) is 0 Å². The van der Waals surface area contributed by atoms with Gasteiger partial charge in [-0.05, 0) is 52.5 Å². The standard InChI is InChI=1S/C19H25N3S.C4H4O4/c1-20(2)13-15(21(3)4)14-22-16-9-5-7-11-18(16)23-19-12-8-6-10-17(19)22;5-3(6)1-2-4(7)8/h5-12,15H,13-14H2,1-4H3;1-2H,(H,5,6)(H,7,8)/b;2-1+. The second-order valence-electron chi connectivity index (χ2n) is 7.54. The fourth-order valence-corrected chi connectivity index (χ4v) is 4.23. The quantitative estimate of drug-likeness (QED) is 0.629. The number of fused-ring (bicyclic) bond motifs is 2. The number of aliphatic carboxylic acids is 2. The molecule has 0 radical (unpaired) electrons. The number of nitrogens with zero attached hydrogens (tertiary/aromatic N) is 3. The van der Waals surface area contributed by atoms with Crippen molar-refractivity contribution < 1.29 is 19.8 Å². The molecule has 0 spiro atoms. The summed E-state index contributed by atoms with van der Waals surface area (Å²) in [4.78, 5) is 28.9. The minimum Gasteiger partial charge on any atom is -0.478 e. The summed E-state index contributed by atoms with van der Waals surface area (Å²) in [6, 6.07) is 17.9. The molecule has 0 amide bonds. The van der Waals surface area contributed by atoms with E-state index in [1.807, 2.05) is 11.8 Å². The van der Waals surface area contributed by atoms with Gasteiger partial charge in [0.05, 0.1) is 11.4 Å². The van der Waals surface area contributed by atoms with Crippen molar-refractivity contribution in [2.45, 2.75) is 15.8 Å². The molecule has 1 unspecified atom stereocenters. The largest absolute Gasteiger partial charge is 0.478 e. The van der Waals surface area contributed by atoms with Crippen molar-refractivity contribution in [2.75, 3.05) is 46.2 Å². The number of hydrogen-bond acceptors (Lipinski definition) is 6. The Morgan fingerprint density at radius 3 is 1.74 bits per heavy atom. The van der Waals surface area contributed by atoms with Crippen LogP contribution in [0.4, 0.5) is 11.4 Å². The lowest BCUT2D eigenvalue weighted by atomic mass is 10.1. The molecule has 7 nitrogen and oxygen atoms in total. The number of carbonyl (C=O) groups is 2. The monoisotopic (exact) mass is 443 g/mol. The van der Waals surface area contributed by atoms with Gasteiger partial charge >= 0.3 is 11.9 Å². The summed E-state index contributed by atoms with van der Waals surface area (Å²) < 4.78 is 0. The maximum absolute atomic E-state index is 9.55. The third kappa shape index (κ3) is 7.43. The Morgan fingerprint density at radius 2 is 1.35 bits per heavy atom. The van der Waals surface area contributed by atoms with Gasteiger partial charge in [-0.2, -0.15) is 0 Å². The summed E-state index contributed by atoms with van der Waals surface area (Å²) in [6.07, 6.45) is 1.12. The molecule has 0 bridgehead atoms. The summed E-state index contributed by atoms with van der Waals surface area (Å²) in [5, 5.41) is 15.6. The van der Waals surface area contributed by atoms with Crippen molar-refractivity contribution in [3.05, 3.63) is 60.7 Å². The van der Waals surface area contributed by atoms with Crippen LogP contribution in [0.1, 0.15) is 0 Å². The van der Waals surface area contributed by atoms with Gasteiger partial charge in [0, 0.05) is 41.1 Å². The highest BCUT2D eigenvalue weighted by Crippen LogP contribution is 2.47. The van der Waals surface area contributed by atoms with Crippen LogP contribution in [0.2, 0.25) is 0 Å². The van der Waals surface area contributed by atoms with E-state index in [2.05, 4.69) is 91.4 Å². The fourth-order valence-electron chi connectivity index (χ4n) is 3.14. The zero-order chi connectivity index (χ0) is 23.0. The van der Waals surface area contributed by atoms with E-state index in [-0.39, 0.29) is 0 Å². The lowest BCUT2D eigenvalue weighted by molar-refractivity contribution is -0.134. The smallest absolute Gasteiger partial charge is 0.328 e. The predicted molar refractivity (Wildman–Crippen MR) is 124 cm³/mol. The van der Waals surface area contributed by atoms with E-state index < -0.39 is 11.9 Å². The highest BCUT2D eigenvalue weighted by atomic mass is 32.2. The van der Waals surface area contributed by atoms with Crippen LogP contribution in [0.25, 0.3) is 0 Å². The van der Waals surface area contributed by atoms with Gasteiger partial charge in [0.1, 0.15) is 0 Å². The molecule has 31 heavy (non-hydrogen) atoms. The molecule has 8 heteroatoms. The van der Waals surface area contributed by atoms with Crippen LogP contribution in [0.15, 0.2) is 70.5 Å². The Kier molecular flexibility index (Phi) is 9.11. The molecule has 2 N–H and O–H groups in total. The van der Waals surface area contributed by atoms with E-state index in [1.165, 1.54) is 21.2 Å². The highest BCUT2D eigenvalue weighted by Gasteiger charge is 2.26. The van der Waals surface area contributed by atoms with Crippen LogP contribution in [-0.4, -0.2) is 79.3 Å². The number of para-hydroxylation sites is 2. The first-order valence-electron chi connectivity index (χ1n) is 9.77. The normalized spacial score (nSPS) is 13.4. The van der Waals surface area contributed by atoms with Gasteiger partial charge in [-0.3, -0.25) is 0 Å². The summed E-state index contributed by atoms with van der Waals surface area (Å²) >= 11 is 1.87. The molecule has 3 rings (SSSR count). The van der Waals surface area contributed by atoms with Crippen molar-refractivity contribution in [3.8, 4) is 0 Å². The van der Waals surface area contributed by atoms with E-state index in [1.54, 1.807) is 0 Å². The molecule has 1 heterocycles. The van der Waals surface area contributed by atoms with Crippen LogP contribution in [0.3, 0.4) is 0 Å². The second kappa shape index (κ2) is 11.5. The summed E-state index contributed by atoms with van der Waals surface area (Å²) in [5.74, 6) is -2.51. The van der Waals surface area contributed by atoms with E-state index in [4.69, 9.17) is 10.2 Å². The summed E-state index contributed by atoms with van der Waals surface area (Å²) in [6.45, 7) is 2.03. The molecular weight excluding hydrogens is 414 g/mol. The van der Waals surface area contributed by atoms with Crippen molar-refractivity contribution in [1.29, 1.82) is 0 Å². The van der Waals surface area contributed by atoms with Crippen molar-refractivity contribution in [3.63, 3.8) is 0 Å². The minimum absolute atomic E-state index is 0.467. The molecular formula is C23H29N3O4S. The maximum Gasteiger partial charge on any atom is 0.328 e. The Balaban J connectivity index is 0.000000366. The van der Waals surface area contributed by atoms with Crippen LogP contribution in [-0.2, 0) is 9.59 Å². The average molecular weight is 444 g/mol. The van der Waals surface area contributed by atoms with Gasteiger partial charge in [-0.25, -0.2) is 9.59 Å². The molecule has 0 fully saturated rings. The summed E-state index contributed by atoms with van der Waals surface area (Å²) in [5.41, 5.74) is 2.64. The van der Waals surface area contributed by atoms with Gasteiger partial charge in [0.25, 0.3) is 0 Å². The van der Waals surface area contributed by atoms with Crippen molar-refractivity contribution >= 4 is 35.1 Å². The lowest BCUT2D eigenvalue weighted by Crippen LogP contribution is -2.45. The zero-order valence-corrected chi connectivity index (χ0v) is 19.0. The number of carboxylic acid groups (broad SMARTS) is 2. The van der Waals surface area contributed by atoms with Crippen molar-refractivity contribution in [2.24, 2.45) is 0 Å². The van der Waals surface area contributed by atoms with Crippen LogP contribution in [0, 0.1) is 0 Å². The van der Waals surface area contributed by atoms with Crippen LogP contribution >= 0.6 is 11.8 Å². The SMILES string of the molecule is CN(C)CC(CN1c2ccccc2Sc2ccccc21)N(C)C.O=C(O)/C=C/C(=O)O. The Morgan fingerprint density at radius 1 is 0.903 bits per heavy atom. The zero-order valence-electron chi connectivity index (χ0n) is 18.2. The fraction of sp³-hybridized carbons (Fsp3) is 0.304. The number of anilines is 2. The number of hydrogen-bond donors (Lipinski definition) is 2. The number of likely N-dealkylation sites (N-methyl/N-ethyl adjacent to an activating group) is 2. The Hall–Kier alpha value is -2.81. The Bertz CT molecular complexity index is 869. The average Bonchev–Trinajstić information content (AvgIpc) is 2.71. The van der Waals surface area contributed by atoms with Gasteiger partial charge in [-0.15, -0.1) is 0 Å².